The van der Waals surface area contributed by atoms with Crippen molar-refractivity contribution in [3.63, 3.8) is 0 Å². The number of para-hydroxylation sites is 2. The Bertz CT molecular complexity index is 1250. The molecule has 0 aliphatic heterocycles. The summed E-state index contributed by atoms with van der Waals surface area (Å²) in [7, 11) is 1.60. The zero-order valence-corrected chi connectivity index (χ0v) is 18.2. The van der Waals surface area contributed by atoms with E-state index in [0.29, 0.717) is 17.0 Å². The summed E-state index contributed by atoms with van der Waals surface area (Å²) in [5, 5.41) is 4.97. The molecule has 2 heterocycles. The first-order valence-corrected chi connectivity index (χ1v) is 10.9. The van der Waals surface area contributed by atoms with Crippen molar-refractivity contribution in [3.8, 4) is 11.4 Å². The molecular formula is C24H23N3O3S. The molecule has 0 fully saturated rings. The number of hydrogen-bond donors (Lipinski definition) is 1. The van der Waals surface area contributed by atoms with E-state index in [0.717, 1.165) is 16.1 Å². The van der Waals surface area contributed by atoms with E-state index in [4.69, 9.17) is 4.74 Å². The number of nitrogens with one attached hydrogen (secondary N) is 1. The van der Waals surface area contributed by atoms with Gasteiger partial charge in [0.05, 0.1) is 24.2 Å². The van der Waals surface area contributed by atoms with Crippen molar-refractivity contribution in [2.24, 2.45) is 0 Å². The molecule has 7 heteroatoms. The Balaban J connectivity index is 1.61. The highest BCUT2D eigenvalue weighted by Gasteiger charge is 2.15. The molecule has 31 heavy (non-hydrogen) atoms. The van der Waals surface area contributed by atoms with Crippen LogP contribution >= 0.6 is 11.3 Å². The van der Waals surface area contributed by atoms with E-state index in [1.165, 1.54) is 0 Å². The average Bonchev–Trinajstić information content (AvgIpc) is 3.33. The predicted octanol–water partition coefficient (Wildman–Crippen LogP) is 4.27. The number of hydrogen-bond acceptors (Lipinski definition) is 5. The molecule has 0 saturated carbocycles. The van der Waals surface area contributed by atoms with E-state index in [-0.39, 0.29) is 30.3 Å². The van der Waals surface area contributed by atoms with Gasteiger partial charge in [0.1, 0.15) is 11.4 Å². The number of rotatable bonds is 7. The number of amides is 1. The van der Waals surface area contributed by atoms with Crippen molar-refractivity contribution in [2.45, 2.75) is 25.8 Å². The fourth-order valence-electron chi connectivity index (χ4n) is 3.48. The van der Waals surface area contributed by atoms with E-state index >= 15 is 0 Å². The summed E-state index contributed by atoms with van der Waals surface area (Å²) < 4.78 is 6.87. The minimum absolute atomic E-state index is 0.0620. The molecule has 0 saturated heterocycles. The van der Waals surface area contributed by atoms with Crippen molar-refractivity contribution in [2.75, 3.05) is 7.11 Å². The van der Waals surface area contributed by atoms with Gasteiger partial charge in [-0.1, -0.05) is 18.2 Å². The average molecular weight is 434 g/mol. The molecule has 1 amide bonds. The minimum Gasteiger partial charge on any atom is -0.497 e. The lowest BCUT2D eigenvalue weighted by Crippen LogP contribution is -2.29. The zero-order valence-electron chi connectivity index (χ0n) is 17.4. The smallest absolute Gasteiger partial charge is 0.277 e. The van der Waals surface area contributed by atoms with Crippen molar-refractivity contribution < 1.29 is 9.53 Å². The first kappa shape index (κ1) is 20.8. The SMILES string of the molecule is COc1ccc(-n2c(=O)c(CCC(=O)N[C@H](C)c3cccs3)nc3ccccc32)cc1. The molecule has 1 atom stereocenters. The highest BCUT2D eigenvalue weighted by atomic mass is 32.1. The third kappa shape index (κ3) is 4.51. The molecule has 6 nitrogen and oxygen atoms in total. The van der Waals surface area contributed by atoms with Crippen LogP contribution in [0.2, 0.25) is 0 Å². The van der Waals surface area contributed by atoms with Crippen LogP contribution in [0.15, 0.2) is 70.8 Å². The lowest BCUT2D eigenvalue weighted by atomic mass is 10.2. The fourth-order valence-corrected chi connectivity index (χ4v) is 4.22. The Morgan fingerprint density at radius 1 is 1.13 bits per heavy atom. The molecule has 4 rings (SSSR count). The Morgan fingerprint density at radius 2 is 1.90 bits per heavy atom. The third-order valence-electron chi connectivity index (χ3n) is 5.09. The maximum absolute atomic E-state index is 13.3. The molecule has 1 N–H and O–H groups in total. The van der Waals surface area contributed by atoms with Gasteiger partial charge in [-0.05, 0) is 54.8 Å². The van der Waals surface area contributed by atoms with Gasteiger partial charge in [-0.3, -0.25) is 14.2 Å². The van der Waals surface area contributed by atoms with E-state index in [1.807, 2.05) is 73.0 Å². The number of methoxy groups -OCH3 is 1. The fraction of sp³-hybridized carbons (Fsp3) is 0.208. The van der Waals surface area contributed by atoms with Crippen molar-refractivity contribution in [1.29, 1.82) is 0 Å². The van der Waals surface area contributed by atoms with Gasteiger partial charge < -0.3 is 10.1 Å². The number of benzene rings is 2. The molecule has 0 unspecified atom stereocenters. The zero-order chi connectivity index (χ0) is 21.8. The summed E-state index contributed by atoms with van der Waals surface area (Å²) in [5.41, 5.74) is 2.30. The predicted molar refractivity (Wildman–Crippen MR) is 123 cm³/mol. The van der Waals surface area contributed by atoms with Gasteiger partial charge in [0.2, 0.25) is 5.91 Å². The first-order valence-electron chi connectivity index (χ1n) is 10.0. The number of ether oxygens (including phenoxy) is 1. The normalized spacial score (nSPS) is 11.9. The van der Waals surface area contributed by atoms with Crippen LogP contribution in [-0.2, 0) is 11.2 Å². The number of fused-ring (bicyclic) bond motifs is 1. The summed E-state index contributed by atoms with van der Waals surface area (Å²) in [5.74, 6) is 0.609. The topological polar surface area (TPSA) is 73.2 Å². The summed E-state index contributed by atoms with van der Waals surface area (Å²) in [6.45, 7) is 1.95. The molecule has 0 aliphatic rings. The van der Waals surface area contributed by atoms with Crippen LogP contribution in [-0.4, -0.2) is 22.6 Å². The number of carbonyl (C=O) groups is 1. The lowest BCUT2D eigenvalue weighted by Gasteiger charge is -2.14. The molecule has 0 spiro atoms. The van der Waals surface area contributed by atoms with E-state index in [2.05, 4.69) is 10.3 Å². The molecular weight excluding hydrogens is 410 g/mol. The molecule has 0 radical (unpaired) electrons. The molecule has 4 aromatic rings. The number of carbonyl (C=O) groups excluding carboxylic acids is 1. The van der Waals surface area contributed by atoms with Crippen molar-refractivity contribution >= 4 is 28.3 Å². The van der Waals surface area contributed by atoms with Crippen LogP contribution in [0.3, 0.4) is 0 Å². The minimum atomic E-state index is -0.219. The lowest BCUT2D eigenvalue weighted by molar-refractivity contribution is -0.121. The van der Waals surface area contributed by atoms with Crippen molar-refractivity contribution in [1.82, 2.24) is 14.9 Å². The third-order valence-corrected chi connectivity index (χ3v) is 6.15. The summed E-state index contributed by atoms with van der Waals surface area (Å²) in [6, 6.07) is 18.7. The van der Waals surface area contributed by atoms with Crippen LogP contribution in [0.1, 0.15) is 30.0 Å². The van der Waals surface area contributed by atoms with Crippen LogP contribution in [0.4, 0.5) is 0 Å². The van der Waals surface area contributed by atoms with E-state index in [9.17, 15) is 9.59 Å². The standard InChI is InChI=1S/C24H23N3O3S/c1-16(22-8-5-15-31-22)25-23(28)14-13-20-24(29)27(17-9-11-18(30-2)12-10-17)21-7-4-3-6-19(21)26-20/h3-12,15-16H,13-14H2,1-2H3,(H,25,28)/t16-/m1/s1. The monoisotopic (exact) mass is 433 g/mol. The molecule has 2 aromatic carbocycles. The number of nitrogens with zero attached hydrogens (tertiary/aromatic N) is 2. The molecule has 0 aliphatic carbocycles. The summed E-state index contributed by atoms with van der Waals surface area (Å²) in [6.07, 6.45) is 0.460. The Morgan fingerprint density at radius 3 is 2.61 bits per heavy atom. The maximum Gasteiger partial charge on any atom is 0.277 e. The van der Waals surface area contributed by atoms with Gasteiger partial charge in [-0.25, -0.2) is 4.98 Å². The van der Waals surface area contributed by atoms with E-state index in [1.54, 1.807) is 23.0 Å². The Hall–Kier alpha value is -3.45. The van der Waals surface area contributed by atoms with Crippen molar-refractivity contribution in [3.05, 3.63) is 87.0 Å². The highest BCUT2D eigenvalue weighted by molar-refractivity contribution is 7.10. The first-order chi connectivity index (χ1) is 15.1. The number of aromatic nitrogens is 2. The van der Waals surface area contributed by atoms with Crippen LogP contribution in [0.25, 0.3) is 16.7 Å². The molecule has 2 aromatic heterocycles. The highest BCUT2D eigenvalue weighted by Crippen LogP contribution is 2.20. The molecule has 0 bridgehead atoms. The van der Waals surface area contributed by atoms with Gasteiger partial charge in [-0.15, -0.1) is 11.3 Å². The Kier molecular flexibility index (Phi) is 6.13. The summed E-state index contributed by atoms with van der Waals surface area (Å²) in [4.78, 5) is 31.4. The largest absolute Gasteiger partial charge is 0.497 e. The van der Waals surface area contributed by atoms with Gasteiger partial charge in [0.15, 0.2) is 0 Å². The van der Waals surface area contributed by atoms with Gasteiger partial charge in [-0.2, -0.15) is 0 Å². The Labute approximate surface area is 184 Å². The maximum atomic E-state index is 13.3. The van der Waals surface area contributed by atoms with Crippen LogP contribution in [0, 0.1) is 0 Å². The van der Waals surface area contributed by atoms with Gasteiger partial charge in [0.25, 0.3) is 5.56 Å². The van der Waals surface area contributed by atoms with E-state index < -0.39 is 0 Å². The van der Waals surface area contributed by atoms with Crippen LogP contribution < -0.4 is 15.6 Å². The number of thiophene rings is 1. The molecule has 158 valence electrons. The summed E-state index contributed by atoms with van der Waals surface area (Å²) >= 11 is 1.60. The van der Waals surface area contributed by atoms with Gasteiger partial charge >= 0.3 is 0 Å². The second-order valence-electron chi connectivity index (χ2n) is 7.19. The second-order valence-corrected chi connectivity index (χ2v) is 8.17. The quantitative estimate of drug-likeness (QED) is 0.473. The second kappa shape index (κ2) is 9.14. The number of aryl methyl sites for hydroxylation is 1. The van der Waals surface area contributed by atoms with Crippen LogP contribution in [0.5, 0.6) is 5.75 Å². The van der Waals surface area contributed by atoms with Gasteiger partial charge in [0, 0.05) is 23.4 Å².